The molecule has 0 radical (unpaired) electrons. The normalized spacial score (nSPS) is 12.6. The third-order valence-corrected chi connectivity index (χ3v) is 5.55. The number of aliphatic hydroxyl groups excluding tert-OH is 1. The standard InChI is InChI=1S/C26H34N2O/c1-21(2)15-17-27(20-26(29)23-11-5-4-6-12-23)19-25-14-9-16-28(25)18-24-13-8-7-10-22(24)3/h4-14,16,21,26,29H,15,17-20H2,1-3H3. The molecule has 3 heteroatoms. The average molecular weight is 391 g/mol. The van der Waals surface area contributed by atoms with Gasteiger partial charge in [0.25, 0.3) is 0 Å². The Labute approximate surface area is 175 Å². The smallest absolute Gasteiger partial charge is 0.0917 e. The maximum Gasteiger partial charge on any atom is 0.0917 e. The van der Waals surface area contributed by atoms with Crippen LogP contribution in [0.3, 0.4) is 0 Å². The fourth-order valence-electron chi connectivity index (χ4n) is 3.65. The van der Waals surface area contributed by atoms with E-state index < -0.39 is 6.10 Å². The van der Waals surface area contributed by atoms with Crippen molar-refractivity contribution < 1.29 is 5.11 Å². The van der Waals surface area contributed by atoms with Crippen molar-refractivity contribution in [3.8, 4) is 0 Å². The molecule has 154 valence electrons. The van der Waals surface area contributed by atoms with Gasteiger partial charge in [0.1, 0.15) is 0 Å². The van der Waals surface area contributed by atoms with Crippen LogP contribution in [-0.4, -0.2) is 27.7 Å². The van der Waals surface area contributed by atoms with Crippen molar-refractivity contribution in [1.82, 2.24) is 9.47 Å². The number of aromatic nitrogens is 1. The molecule has 3 aromatic rings. The number of hydrogen-bond acceptors (Lipinski definition) is 2. The van der Waals surface area contributed by atoms with E-state index >= 15 is 0 Å². The first-order valence-corrected chi connectivity index (χ1v) is 10.7. The number of hydrogen-bond donors (Lipinski definition) is 1. The van der Waals surface area contributed by atoms with Gasteiger partial charge in [0, 0.05) is 31.5 Å². The van der Waals surface area contributed by atoms with Gasteiger partial charge in [0.15, 0.2) is 0 Å². The number of aliphatic hydroxyl groups is 1. The van der Waals surface area contributed by atoms with Crippen LogP contribution in [0.4, 0.5) is 0 Å². The first-order valence-electron chi connectivity index (χ1n) is 10.7. The van der Waals surface area contributed by atoms with Crippen molar-refractivity contribution in [2.24, 2.45) is 5.92 Å². The molecule has 1 atom stereocenters. The first-order chi connectivity index (χ1) is 14.0. The molecule has 1 N–H and O–H groups in total. The molecule has 2 aromatic carbocycles. The summed E-state index contributed by atoms with van der Waals surface area (Å²) in [6.07, 6.45) is 2.82. The van der Waals surface area contributed by atoms with Crippen molar-refractivity contribution in [3.63, 3.8) is 0 Å². The second-order valence-corrected chi connectivity index (χ2v) is 8.40. The predicted molar refractivity (Wildman–Crippen MR) is 121 cm³/mol. The molecule has 3 nitrogen and oxygen atoms in total. The van der Waals surface area contributed by atoms with E-state index in [1.54, 1.807) is 0 Å². The van der Waals surface area contributed by atoms with Crippen LogP contribution in [0.2, 0.25) is 0 Å². The molecule has 0 saturated carbocycles. The zero-order chi connectivity index (χ0) is 20.6. The van der Waals surface area contributed by atoms with E-state index in [1.165, 1.54) is 16.8 Å². The van der Waals surface area contributed by atoms with E-state index in [-0.39, 0.29) is 0 Å². The second kappa shape index (κ2) is 10.4. The minimum atomic E-state index is -0.469. The largest absolute Gasteiger partial charge is 0.387 e. The fourth-order valence-corrected chi connectivity index (χ4v) is 3.65. The highest BCUT2D eigenvalue weighted by Gasteiger charge is 2.16. The minimum absolute atomic E-state index is 0.469. The van der Waals surface area contributed by atoms with Crippen LogP contribution in [0.1, 0.15) is 48.8 Å². The molecule has 0 aliphatic carbocycles. The number of nitrogens with zero attached hydrogens (tertiary/aromatic N) is 2. The predicted octanol–water partition coefficient (Wildman–Crippen LogP) is 5.43. The van der Waals surface area contributed by atoms with Gasteiger partial charge >= 0.3 is 0 Å². The SMILES string of the molecule is Cc1ccccc1Cn1cccc1CN(CCC(C)C)CC(O)c1ccccc1. The van der Waals surface area contributed by atoms with E-state index in [9.17, 15) is 5.11 Å². The van der Waals surface area contributed by atoms with Crippen molar-refractivity contribution in [1.29, 1.82) is 0 Å². The Morgan fingerprint density at radius 1 is 0.931 bits per heavy atom. The van der Waals surface area contributed by atoms with Crippen molar-refractivity contribution in [2.45, 2.75) is 46.4 Å². The summed E-state index contributed by atoms with van der Waals surface area (Å²) in [4.78, 5) is 2.39. The minimum Gasteiger partial charge on any atom is -0.387 e. The average Bonchev–Trinajstić information content (AvgIpc) is 3.15. The highest BCUT2D eigenvalue weighted by molar-refractivity contribution is 5.26. The van der Waals surface area contributed by atoms with E-state index in [4.69, 9.17) is 0 Å². The lowest BCUT2D eigenvalue weighted by atomic mass is 10.1. The van der Waals surface area contributed by atoms with Gasteiger partial charge in [-0.2, -0.15) is 0 Å². The van der Waals surface area contributed by atoms with Crippen LogP contribution in [0.15, 0.2) is 72.9 Å². The van der Waals surface area contributed by atoms with E-state index in [0.29, 0.717) is 12.5 Å². The maximum atomic E-state index is 10.8. The quantitative estimate of drug-likeness (QED) is 0.500. The van der Waals surface area contributed by atoms with Gasteiger partial charge in [0.2, 0.25) is 0 Å². The third-order valence-electron chi connectivity index (χ3n) is 5.55. The van der Waals surface area contributed by atoms with Crippen molar-refractivity contribution in [3.05, 3.63) is 95.3 Å². The molecule has 1 unspecified atom stereocenters. The summed E-state index contributed by atoms with van der Waals surface area (Å²) in [6.45, 7) is 10.0. The maximum absolute atomic E-state index is 10.8. The molecule has 3 rings (SSSR count). The van der Waals surface area contributed by atoms with Crippen LogP contribution in [-0.2, 0) is 13.1 Å². The molecule has 29 heavy (non-hydrogen) atoms. The zero-order valence-corrected chi connectivity index (χ0v) is 18.0. The van der Waals surface area contributed by atoms with Crippen LogP contribution in [0, 0.1) is 12.8 Å². The molecule has 0 amide bonds. The van der Waals surface area contributed by atoms with Gasteiger partial charge in [-0.3, -0.25) is 4.90 Å². The van der Waals surface area contributed by atoms with Gasteiger partial charge in [-0.25, -0.2) is 0 Å². The summed E-state index contributed by atoms with van der Waals surface area (Å²) in [7, 11) is 0. The van der Waals surface area contributed by atoms with Gasteiger partial charge < -0.3 is 9.67 Å². The lowest BCUT2D eigenvalue weighted by Gasteiger charge is -2.27. The Kier molecular flexibility index (Phi) is 7.68. The summed E-state index contributed by atoms with van der Waals surface area (Å²) in [6, 6.07) is 22.9. The van der Waals surface area contributed by atoms with Gasteiger partial charge in [-0.15, -0.1) is 0 Å². The molecule has 0 fully saturated rings. The van der Waals surface area contributed by atoms with E-state index in [2.05, 4.69) is 72.8 Å². The first kappa shape index (κ1) is 21.4. The van der Waals surface area contributed by atoms with Crippen molar-refractivity contribution in [2.75, 3.05) is 13.1 Å². The Morgan fingerprint density at radius 2 is 1.66 bits per heavy atom. The number of aryl methyl sites for hydroxylation is 1. The summed E-state index contributed by atoms with van der Waals surface area (Å²) < 4.78 is 2.33. The highest BCUT2D eigenvalue weighted by Crippen LogP contribution is 2.18. The molecule has 0 aliphatic rings. The summed E-state index contributed by atoms with van der Waals surface area (Å²) >= 11 is 0. The van der Waals surface area contributed by atoms with Crippen LogP contribution in [0.5, 0.6) is 0 Å². The van der Waals surface area contributed by atoms with E-state index in [0.717, 1.165) is 31.6 Å². The molecule has 0 spiro atoms. The number of benzene rings is 2. The molecule has 0 saturated heterocycles. The molecule has 0 aliphatic heterocycles. The van der Waals surface area contributed by atoms with Gasteiger partial charge in [-0.1, -0.05) is 68.4 Å². The zero-order valence-electron chi connectivity index (χ0n) is 18.0. The monoisotopic (exact) mass is 390 g/mol. The molecule has 1 aromatic heterocycles. The lowest BCUT2D eigenvalue weighted by Crippen LogP contribution is -2.31. The summed E-state index contributed by atoms with van der Waals surface area (Å²) in [5.74, 6) is 0.644. The Bertz CT molecular complexity index is 869. The highest BCUT2D eigenvalue weighted by atomic mass is 16.3. The summed E-state index contributed by atoms with van der Waals surface area (Å²) in [5.41, 5.74) is 4.95. The molecule has 0 bridgehead atoms. The molecule has 1 heterocycles. The lowest BCUT2D eigenvalue weighted by molar-refractivity contribution is 0.104. The Morgan fingerprint density at radius 3 is 2.38 bits per heavy atom. The van der Waals surface area contributed by atoms with Crippen LogP contribution >= 0.6 is 0 Å². The summed E-state index contributed by atoms with van der Waals surface area (Å²) in [5, 5.41) is 10.8. The Balaban J connectivity index is 1.72. The third kappa shape index (κ3) is 6.31. The molecular formula is C26H34N2O. The fraction of sp³-hybridized carbons (Fsp3) is 0.385. The van der Waals surface area contributed by atoms with Crippen LogP contribution < -0.4 is 0 Å². The van der Waals surface area contributed by atoms with E-state index in [1.807, 2.05) is 30.3 Å². The van der Waals surface area contributed by atoms with Gasteiger partial charge in [0.05, 0.1) is 6.10 Å². The van der Waals surface area contributed by atoms with Gasteiger partial charge in [-0.05, 0) is 54.6 Å². The number of rotatable bonds is 10. The van der Waals surface area contributed by atoms with Crippen LogP contribution in [0.25, 0.3) is 0 Å². The molecular weight excluding hydrogens is 356 g/mol. The Hall–Kier alpha value is -2.36. The topological polar surface area (TPSA) is 28.4 Å². The second-order valence-electron chi connectivity index (χ2n) is 8.40. The van der Waals surface area contributed by atoms with Crippen molar-refractivity contribution >= 4 is 0 Å².